The molecule has 2 rings (SSSR count). The van der Waals surface area contributed by atoms with Crippen LogP contribution in [0.4, 0.5) is 0 Å². The van der Waals surface area contributed by atoms with E-state index >= 15 is 0 Å². The van der Waals surface area contributed by atoms with Crippen LogP contribution in [0.3, 0.4) is 0 Å². The van der Waals surface area contributed by atoms with Crippen LogP contribution in [-0.4, -0.2) is 5.60 Å². The summed E-state index contributed by atoms with van der Waals surface area (Å²) >= 11 is 0. The minimum atomic E-state index is -0.127. The molecule has 0 N–H and O–H groups in total. The molecule has 0 unspecified atom stereocenters. The molecule has 0 atom stereocenters. The summed E-state index contributed by atoms with van der Waals surface area (Å²) in [5, 5.41) is 0. The third-order valence-corrected chi connectivity index (χ3v) is 3.88. The van der Waals surface area contributed by atoms with Crippen LogP contribution < -0.4 is 4.74 Å². The normalized spacial score (nSPS) is 19.5. The molecule has 0 radical (unpaired) electrons. The number of terminal acetylenes is 1. The summed E-state index contributed by atoms with van der Waals surface area (Å²) in [4.78, 5) is 0. The van der Waals surface area contributed by atoms with Crippen LogP contribution in [0.5, 0.6) is 5.75 Å². The van der Waals surface area contributed by atoms with Gasteiger partial charge in [0.1, 0.15) is 11.4 Å². The van der Waals surface area contributed by atoms with Crippen molar-refractivity contribution < 1.29 is 4.74 Å². The van der Waals surface area contributed by atoms with E-state index in [0.717, 1.165) is 17.7 Å². The largest absolute Gasteiger partial charge is 0.487 e. The Bertz CT molecular complexity index is 542. The summed E-state index contributed by atoms with van der Waals surface area (Å²) in [5.74, 6) is 4.24. The molecule has 0 bridgehead atoms. The molecular weight excluding hydrogens is 232 g/mol. The molecule has 0 saturated heterocycles. The van der Waals surface area contributed by atoms with Gasteiger partial charge in [-0.25, -0.2) is 0 Å². The fourth-order valence-electron chi connectivity index (χ4n) is 3.25. The van der Waals surface area contributed by atoms with Crippen LogP contribution in [-0.2, 0) is 5.41 Å². The fraction of sp³-hybridized carbons (Fsp3) is 0.556. The third kappa shape index (κ3) is 2.50. The first kappa shape index (κ1) is 14.0. The topological polar surface area (TPSA) is 9.23 Å². The van der Waals surface area contributed by atoms with E-state index in [-0.39, 0.29) is 11.0 Å². The highest BCUT2D eigenvalue weighted by Crippen LogP contribution is 2.48. The van der Waals surface area contributed by atoms with E-state index in [1.165, 1.54) is 11.1 Å². The highest BCUT2D eigenvalue weighted by Gasteiger charge is 2.40. The molecular formula is C18H24O. The van der Waals surface area contributed by atoms with E-state index in [0.29, 0.717) is 5.92 Å². The molecule has 0 saturated carbocycles. The molecule has 1 heterocycles. The highest BCUT2D eigenvalue weighted by molar-refractivity contribution is 5.54. The van der Waals surface area contributed by atoms with Crippen LogP contribution in [0.15, 0.2) is 12.1 Å². The van der Waals surface area contributed by atoms with Gasteiger partial charge in [0.25, 0.3) is 0 Å². The third-order valence-electron chi connectivity index (χ3n) is 3.88. The minimum Gasteiger partial charge on any atom is -0.487 e. The van der Waals surface area contributed by atoms with Crippen molar-refractivity contribution >= 4 is 0 Å². The van der Waals surface area contributed by atoms with E-state index in [4.69, 9.17) is 11.2 Å². The summed E-state index contributed by atoms with van der Waals surface area (Å²) in [6.45, 7) is 13.3. The maximum absolute atomic E-state index is 6.28. The second-order valence-electron chi connectivity index (χ2n) is 7.16. The Balaban J connectivity index is 2.72. The fourth-order valence-corrected chi connectivity index (χ4v) is 3.25. The number of rotatable bonds is 1. The molecule has 0 aliphatic carbocycles. The Hall–Kier alpha value is -1.42. The van der Waals surface area contributed by atoms with Gasteiger partial charge in [-0.15, -0.1) is 6.42 Å². The van der Waals surface area contributed by atoms with Crippen molar-refractivity contribution in [3.05, 3.63) is 28.8 Å². The molecule has 0 spiro atoms. The molecule has 1 aromatic rings. The van der Waals surface area contributed by atoms with Crippen LogP contribution in [0.25, 0.3) is 0 Å². The predicted molar refractivity (Wildman–Crippen MR) is 80.8 cm³/mol. The number of fused-ring (bicyclic) bond motifs is 1. The van der Waals surface area contributed by atoms with Gasteiger partial charge in [0.2, 0.25) is 0 Å². The van der Waals surface area contributed by atoms with Crippen molar-refractivity contribution in [3.8, 4) is 18.1 Å². The SMILES string of the molecule is C#Cc1cc(C(C)C)c2c(c1)C(C)(C)CC(C)(C)O2. The van der Waals surface area contributed by atoms with E-state index in [9.17, 15) is 0 Å². The molecule has 0 aromatic heterocycles. The average molecular weight is 256 g/mol. The quantitative estimate of drug-likeness (QED) is 0.666. The predicted octanol–water partition coefficient (Wildman–Crippen LogP) is 4.63. The molecule has 1 aliphatic heterocycles. The molecule has 0 amide bonds. The van der Waals surface area contributed by atoms with Gasteiger partial charge in [-0.05, 0) is 49.3 Å². The average Bonchev–Trinajstić information content (AvgIpc) is 2.25. The van der Waals surface area contributed by atoms with Crippen molar-refractivity contribution in [2.24, 2.45) is 0 Å². The monoisotopic (exact) mass is 256 g/mol. The summed E-state index contributed by atoms with van der Waals surface area (Å²) in [6, 6.07) is 4.22. The zero-order valence-corrected chi connectivity index (χ0v) is 12.9. The summed E-state index contributed by atoms with van der Waals surface area (Å²) < 4.78 is 6.28. The molecule has 19 heavy (non-hydrogen) atoms. The van der Waals surface area contributed by atoms with Gasteiger partial charge >= 0.3 is 0 Å². The van der Waals surface area contributed by atoms with Gasteiger partial charge in [0, 0.05) is 11.1 Å². The Kier molecular flexibility index (Phi) is 3.17. The number of benzene rings is 1. The molecule has 1 heteroatoms. The van der Waals surface area contributed by atoms with Gasteiger partial charge in [-0.1, -0.05) is 33.6 Å². The van der Waals surface area contributed by atoms with Crippen molar-refractivity contribution in [2.45, 2.75) is 64.9 Å². The standard InChI is InChI=1S/C18H24O/c1-8-13-9-14(12(2)3)16-15(10-13)17(4,5)11-18(6,7)19-16/h1,9-10,12H,11H2,2-7H3. The van der Waals surface area contributed by atoms with E-state index < -0.39 is 0 Å². The van der Waals surface area contributed by atoms with Gasteiger partial charge < -0.3 is 4.74 Å². The maximum atomic E-state index is 6.28. The van der Waals surface area contributed by atoms with E-state index in [1.807, 2.05) is 0 Å². The summed E-state index contributed by atoms with van der Waals surface area (Å²) in [5.41, 5.74) is 3.40. The smallest absolute Gasteiger partial charge is 0.127 e. The first-order chi connectivity index (χ1) is 8.66. The Labute approximate surface area is 117 Å². The molecule has 1 nitrogen and oxygen atoms in total. The lowest BCUT2D eigenvalue weighted by atomic mass is 9.72. The number of hydrogen-bond acceptors (Lipinski definition) is 1. The Morgan fingerprint density at radius 1 is 1.21 bits per heavy atom. The van der Waals surface area contributed by atoms with Gasteiger partial charge in [0.15, 0.2) is 0 Å². The number of ether oxygens (including phenoxy) is 1. The van der Waals surface area contributed by atoms with E-state index in [1.54, 1.807) is 0 Å². The van der Waals surface area contributed by atoms with Gasteiger partial charge in [0.05, 0.1) is 0 Å². The molecule has 0 fully saturated rings. The highest BCUT2D eigenvalue weighted by atomic mass is 16.5. The van der Waals surface area contributed by atoms with Crippen molar-refractivity contribution in [2.75, 3.05) is 0 Å². The van der Waals surface area contributed by atoms with Crippen molar-refractivity contribution in [1.82, 2.24) is 0 Å². The first-order valence-corrected chi connectivity index (χ1v) is 7.00. The second kappa shape index (κ2) is 4.30. The van der Waals surface area contributed by atoms with Crippen molar-refractivity contribution in [3.63, 3.8) is 0 Å². The Morgan fingerprint density at radius 2 is 1.84 bits per heavy atom. The lowest BCUT2D eigenvalue weighted by Gasteiger charge is -2.43. The first-order valence-electron chi connectivity index (χ1n) is 7.00. The second-order valence-corrected chi connectivity index (χ2v) is 7.16. The lowest BCUT2D eigenvalue weighted by molar-refractivity contribution is 0.0519. The van der Waals surface area contributed by atoms with Crippen LogP contribution in [0.1, 0.15) is 70.6 Å². The minimum absolute atomic E-state index is 0.0909. The summed E-state index contributed by atoms with van der Waals surface area (Å²) in [7, 11) is 0. The van der Waals surface area contributed by atoms with Crippen LogP contribution in [0, 0.1) is 12.3 Å². The zero-order chi connectivity index (χ0) is 14.4. The van der Waals surface area contributed by atoms with Crippen LogP contribution >= 0.6 is 0 Å². The van der Waals surface area contributed by atoms with Crippen LogP contribution in [0.2, 0.25) is 0 Å². The lowest BCUT2D eigenvalue weighted by Crippen LogP contribution is -2.41. The van der Waals surface area contributed by atoms with Gasteiger partial charge in [-0.2, -0.15) is 0 Å². The molecule has 1 aromatic carbocycles. The molecule has 102 valence electrons. The zero-order valence-electron chi connectivity index (χ0n) is 12.9. The summed E-state index contributed by atoms with van der Waals surface area (Å²) in [6.07, 6.45) is 6.60. The molecule has 1 aliphatic rings. The van der Waals surface area contributed by atoms with E-state index in [2.05, 4.69) is 59.6 Å². The maximum Gasteiger partial charge on any atom is 0.127 e. The van der Waals surface area contributed by atoms with Gasteiger partial charge in [-0.3, -0.25) is 0 Å². The Morgan fingerprint density at radius 3 is 2.37 bits per heavy atom. The van der Waals surface area contributed by atoms with Crippen molar-refractivity contribution in [1.29, 1.82) is 0 Å². The number of hydrogen-bond donors (Lipinski definition) is 0.